The zero-order valence-corrected chi connectivity index (χ0v) is 11.7. The molecule has 6 nitrogen and oxygen atoms in total. The van der Waals surface area contributed by atoms with E-state index < -0.39 is 28.3 Å². The summed E-state index contributed by atoms with van der Waals surface area (Å²) >= 11 is 0. The second kappa shape index (κ2) is 6.51. The second-order valence-electron chi connectivity index (χ2n) is 4.13. The molecule has 1 aromatic heterocycles. The van der Waals surface area contributed by atoms with E-state index in [-0.39, 0.29) is 11.4 Å². The van der Waals surface area contributed by atoms with Gasteiger partial charge in [0.05, 0.1) is 24.2 Å². The third-order valence-corrected chi connectivity index (χ3v) is 4.00. The standard InChI is InChI=1S/C13H13FN2O4S/c14-10-3-5-12(6-4-10)21(18,19)16-9-13(17)15-8-11-2-1-7-20-11/h1-7,16H,8-9H2,(H,15,17). The maximum absolute atomic E-state index is 12.7. The van der Waals surface area contributed by atoms with Gasteiger partial charge in [0.2, 0.25) is 15.9 Å². The first-order valence-corrected chi connectivity index (χ1v) is 7.50. The van der Waals surface area contributed by atoms with Gasteiger partial charge in [0.25, 0.3) is 0 Å². The monoisotopic (exact) mass is 312 g/mol. The molecule has 0 radical (unpaired) electrons. The van der Waals surface area contributed by atoms with Crippen LogP contribution in [-0.2, 0) is 21.4 Å². The Morgan fingerprint density at radius 2 is 1.90 bits per heavy atom. The number of hydrogen-bond donors (Lipinski definition) is 2. The first-order valence-electron chi connectivity index (χ1n) is 6.02. The summed E-state index contributed by atoms with van der Waals surface area (Å²) in [6, 6.07) is 7.68. The van der Waals surface area contributed by atoms with Gasteiger partial charge in [-0.05, 0) is 36.4 Å². The molecule has 0 aliphatic rings. The number of rotatable bonds is 6. The van der Waals surface area contributed by atoms with Gasteiger partial charge in [-0.2, -0.15) is 0 Å². The van der Waals surface area contributed by atoms with Crippen molar-refractivity contribution in [1.29, 1.82) is 0 Å². The number of hydrogen-bond acceptors (Lipinski definition) is 4. The highest BCUT2D eigenvalue weighted by atomic mass is 32.2. The zero-order chi connectivity index (χ0) is 15.3. The fraction of sp³-hybridized carbons (Fsp3) is 0.154. The Balaban J connectivity index is 1.86. The van der Waals surface area contributed by atoms with Crippen LogP contribution in [0.4, 0.5) is 4.39 Å². The maximum Gasteiger partial charge on any atom is 0.241 e. The molecule has 2 N–H and O–H groups in total. The fourth-order valence-corrected chi connectivity index (χ4v) is 2.50. The topological polar surface area (TPSA) is 88.4 Å². The minimum Gasteiger partial charge on any atom is -0.467 e. The van der Waals surface area contributed by atoms with Gasteiger partial charge in [-0.1, -0.05) is 0 Å². The largest absolute Gasteiger partial charge is 0.467 e. The second-order valence-corrected chi connectivity index (χ2v) is 5.90. The lowest BCUT2D eigenvalue weighted by molar-refractivity contribution is -0.120. The summed E-state index contributed by atoms with van der Waals surface area (Å²) in [5.41, 5.74) is 0. The third-order valence-electron chi connectivity index (χ3n) is 2.59. The summed E-state index contributed by atoms with van der Waals surface area (Å²) in [7, 11) is -3.85. The van der Waals surface area contributed by atoms with Crippen LogP contribution in [0.3, 0.4) is 0 Å². The van der Waals surface area contributed by atoms with E-state index in [1.165, 1.54) is 6.26 Å². The van der Waals surface area contributed by atoms with Crippen molar-refractivity contribution in [2.75, 3.05) is 6.54 Å². The molecule has 0 bridgehead atoms. The van der Waals surface area contributed by atoms with Crippen LogP contribution in [0.25, 0.3) is 0 Å². The summed E-state index contributed by atoms with van der Waals surface area (Å²) in [5.74, 6) is -0.480. The van der Waals surface area contributed by atoms with Crippen LogP contribution in [0.1, 0.15) is 5.76 Å². The molecule has 0 atom stereocenters. The highest BCUT2D eigenvalue weighted by Gasteiger charge is 2.15. The van der Waals surface area contributed by atoms with Crippen molar-refractivity contribution in [1.82, 2.24) is 10.0 Å². The summed E-state index contributed by atoms with van der Waals surface area (Å²) in [5, 5.41) is 2.50. The molecule has 1 heterocycles. The van der Waals surface area contributed by atoms with Gasteiger partial charge in [-0.15, -0.1) is 0 Å². The molecule has 0 saturated heterocycles. The molecular formula is C13H13FN2O4S. The number of carbonyl (C=O) groups excluding carboxylic acids is 1. The van der Waals surface area contributed by atoms with Gasteiger partial charge in [0.1, 0.15) is 11.6 Å². The number of sulfonamides is 1. The fourth-order valence-electron chi connectivity index (χ4n) is 1.52. The van der Waals surface area contributed by atoms with E-state index in [2.05, 4.69) is 10.0 Å². The summed E-state index contributed by atoms with van der Waals surface area (Å²) in [6.07, 6.45) is 1.47. The molecule has 0 fully saturated rings. The average Bonchev–Trinajstić information content (AvgIpc) is 2.97. The van der Waals surface area contributed by atoms with Crippen LogP contribution in [-0.4, -0.2) is 20.9 Å². The predicted molar refractivity (Wildman–Crippen MR) is 72.1 cm³/mol. The first kappa shape index (κ1) is 15.2. The highest BCUT2D eigenvalue weighted by molar-refractivity contribution is 7.89. The van der Waals surface area contributed by atoms with E-state index in [0.717, 1.165) is 24.3 Å². The van der Waals surface area contributed by atoms with Crippen molar-refractivity contribution in [3.8, 4) is 0 Å². The Morgan fingerprint density at radius 3 is 2.52 bits per heavy atom. The Bertz CT molecular complexity index is 696. The van der Waals surface area contributed by atoms with Gasteiger partial charge >= 0.3 is 0 Å². The number of benzene rings is 1. The highest BCUT2D eigenvalue weighted by Crippen LogP contribution is 2.09. The Kier molecular flexibility index (Phi) is 4.71. The summed E-state index contributed by atoms with van der Waals surface area (Å²) < 4.78 is 43.6. The van der Waals surface area contributed by atoms with Crippen LogP contribution < -0.4 is 10.0 Å². The molecule has 2 rings (SSSR count). The SMILES string of the molecule is O=C(CNS(=O)(=O)c1ccc(F)cc1)NCc1ccco1. The van der Waals surface area contributed by atoms with Gasteiger partial charge in [0.15, 0.2) is 0 Å². The molecule has 0 unspecified atom stereocenters. The molecule has 1 aromatic carbocycles. The number of carbonyl (C=O) groups is 1. The summed E-state index contributed by atoms with van der Waals surface area (Å²) in [6.45, 7) is -0.246. The van der Waals surface area contributed by atoms with E-state index in [0.29, 0.717) is 5.76 Å². The van der Waals surface area contributed by atoms with E-state index in [4.69, 9.17) is 4.42 Å². The van der Waals surface area contributed by atoms with Crippen molar-refractivity contribution in [3.05, 3.63) is 54.2 Å². The lowest BCUT2D eigenvalue weighted by Crippen LogP contribution is -2.36. The van der Waals surface area contributed by atoms with Crippen molar-refractivity contribution < 1.29 is 22.0 Å². The molecule has 1 amide bonds. The van der Waals surface area contributed by atoms with Crippen LogP contribution in [0, 0.1) is 5.82 Å². The Labute approximate surface area is 121 Å². The smallest absolute Gasteiger partial charge is 0.241 e. The van der Waals surface area contributed by atoms with Crippen LogP contribution >= 0.6 is 0 Å². The van der Waals surface area contributed by atoms with Crippen molar-refractivity contribution in [2.24, 2.45) is 0 Å². The van der Waals surface area contributed by atoms with Gasteiger partial charge < -0.3 is 9.73 Å². The number of furan rings is 1. The normalized spacial score (nSPS) is 11.3. The Hall–Kier alpha value is -2.19. The van der Waals surface area contributed by atoms with E-state index in [1.807, 2.05) is 0 Å². The molecule has 0 saturated carbocycles. The van der Waals surface area contributed by atoms with Crippen LogP contribution in [0.15, 0.2) is 52.0 Å². The van der Waals surface area contributed by atoms with Crippen molar-refractivity contribution in [3.63, 3.8) is 0 Å². The van der Waals surface area contributed by atoms with E-state index >= 15 is 0 Å². The van der Waals surface area contributed by atoms with Gasteiger partial charge in [0, 0.05) is 0 Å². The van der Waals surface area contributed by atoms with Gasteiger partial charge in [-0.25, -0.2) is 17.5 Å². The molecular weight excluding hydrogens is 299 g/mol. The van der Waals surface area contributed by atoms with Crippen LogP contribution in [0.5, 0.6) is 0 Å². The molecule has 112 valence electrons. The van der Waals surface area contributed by atoms with E-state index in [1.54, 1.807) is 12.1 Å². The maximum atomic E-state index is 12.7. The number of halogens is 1. The van der Waals surface area contributed by atoms with Crippen molar-refractivity contribution in [2.45, 2.75) is 11.4 Å². The molecule has 21 heavy (non-hydrogen) atoms. The minimum absolute atomic E-state index is 0.109. The summed E-state index contributed by atoms with van der Waals surface area (Å²) in [4.78, 5) is 11.4. The molecule has 8 heteroatoms. The quantitative estimate of drug-likeness (QED) is 0.833. The molecule has 0 spiro atoms. The lowest BCUT2D eigenvalue weighted by Gasteiger charge is -2.07. The third kappa shape index (κ3) is 4.40. The Morgan fingerprint density at radius 1 is 1.19 bits per heavy atom. The van der Waals surface area contributed by atoms with Gasteiger partial charge in [-0.3, -0.25) is 4.79 Å². The molecule has 0 aliphatic carbocycles. The lowest BCUT2D eigenvalue weighted by atomic mass is 10.4. The first-order chi connectivity index (χ1) is 9.97. The molecule has 0 aliphatic heterocycles. The average molecular weight is 312 g/mol. The number of amides is 1. The van der Waals surface area contributed by atoms with E-state index in [9.17, 15) is 17.6 Å². The minimum atomic E-state index is -3.85. The van der Waals surface area contributed by atoms with Crippen molar-refractivity contribution >= 4 is 15.9 Å². The predicted octanol–water partition coefficient (Wildman–Crippen LogP) is 1.01. The molecule has 2 aromatic rings. The van der Waals surface area contributed by atoms with Crippen LogP contribution in [0.2, 0.25) is 0 Å². The number of nitrogens with one attached hydrogen (secondary N) is 2. The zero-order valence-electron chi connectivity index (χ0n) is 10.9.